The van der Waals surface area contributed by atoms with Gasteiger partial charge in [-0.15, -0.1) is 0 Å². The Morgan fingerprint density at radius 1 is 1.12 bits per heavy atom. The van der Waals surface area contributed by atoms with E-state index in [9.17, 15) is 0 Å². The van der Waals surface area contributed by atoms with E-state index in [1.54, 1.807) is 11.3 Å². The van der Waals surface area contributed by atoms with Crippen molar-refractivity contribution in [1.82, 2.24) is 15.4 Å². The molecule has 0 saturated carbocycles. The highest BCUT2D eigenvalue weighted by Gasteiger charge is 2.24. The number of anilines is 1. The maximum absolute atomic E-state index is 4.75. The summed E-state index contributed by atoms with van der Waals surface area (Å²) in [5.41, 5.74) is 8.61. The molecule has 1 aliphatic heterocycles. The summed E-state index contributed by atoms with van der Waals surface area (Å²) in [6.07, 6.45) is 6.42. The van der Waals surface area contributed by atoms with Gasteiger partial charge in [-0.1, -0.05) is 41.7 Å². The van der Waals surface area contributed by atoms with Crippen molar-refractivity contribution in [2.45, 2.75) is 25.8 Å². The van der Waals surface area contributed by atoms with Crippen molar-refractivity contribution in [3.05, 3.63) is 72.1 Å². The number of thiazole rings is 1. The predicted molar refractivity (Wildman–Crippen MR) is 109 cm³/mol. The first kappa shape index (κ1) is 15.6. The van der Waals surface area contributed by atoms with E-state index in [0.717, 1.165) is 23.5 Å². The van der Waals surface area contributed by atoms with E-state index in [0.29, 0.717) is 6.04 Å². The van der Waals surface area contributed by atoms with Crippen molar-refractivity contribution in [1.29, 1.82) is 0 Å². The van der Waals surface area contributed by atoms with Gasteiger partial charge in [0.15, 0.2) is 0 Å². The van der Waals surface area contributed by atoms with Crippen LogP contribution in [0.5, 0.6) is 0 Å². The zero-order valence-electron chi connectivity index (χ0n) is 14.6. The van der Waals surface area contributed by atoms with Crippen LogP contribution in [-0.4, -0.2) is 16.0 Å². The van der Waals surface area contributed by atoms with Crippen LogP contribution in [0.1, 0.15) is 18.9 Å². The lowest BCUT2D eigenvalue weighted by Gasteiger charge is -2.17. The van der Waals surface area contributed by atoms with E-state index in [4.69, 9.17) is 4.98 Å². The van der Waals surface area contributed by atoms with Crippen LogP contribution in [0.15, 0.2) is 66.5 Å². The second-order valence-corrected chi connectivity index (χ2v) is 7.80. The average molecular weight is 360 g/mol. The minimum atomic E-state index is 0.343. The number of hydrazine groups is 1. The van der Waals surface area contributed by atoms with E-state index >= 15 is 0 Å². The molecule has 2 aromatic heterocycles. The van der Waals surface area contributed by atoms with Gasteiger partial charge in [0.1, 0.15) is 0 Å². The molecule has 1 aliphatic rings. The number of hydrogen-bond donors (Lipinski definition) is 2. The Hall–Kier alpha value is -2.63. The molecule has 5 heteroatoms. The monoisotopic (exact) mass is 360 g/mol. The van der Waals surface area contributed by atoms with Gasteiger partial charge in [-0.05, 0) is 49.1 Å². The Morgan fingerprint density at radius 2 is 1.96 bits per heavy atom. The van der Waals surface area contributed by atoms with E-state index in [-0.39, 0.29) is 0 Å². The Balaban J connectivity index is 1.31. The van der Waals surface area contributed by atoms with Gasteiger partial charge in [0.2, 0.25) is 5.13 Å². The maximum Gasteiger partial charge on any atom is 0.205 e. The fourth-order valence-corrected chi connectivity index (χ4v) is 4.51. The van der Waals surface area contributed by atoms with Crippen LogP contribution >= 0.6 is 11.3 Å². The first-order chi connectivity index (χ1) is 12.8. The highest BCUT2D eigenvalue weighted by Crippen LogP contribution is 2.31. The highest BCUT2D eigenvalue weighted by atomic mass is 32.1. The number of aryl methyl sites for hydroxylation is 1. The van der Waals surface area contributed by atoms with Crippen LogP contribution in [0.2, 0.25) is 0 Å². The van der Waals surface area contributed by atoms with Crippen molar-refractivity contribution >= 4 is 37.6 Å². The Kier molecular flexibility index (Phi) is 3.76. The van der Waals surface area contributed by atoms with Crippen LogP contribution in [0.4, 0.5) is 5.13 Å². The molecule has 0 spiro atoms. The van der Waals surface area contributed by atoms with Crippen LogP contribution in [0, 0.1) is 0 Å². The molecule has 26 heavy (non-hydrogen) atoms. The molecule has 0 amide bonds. The van der Waals surface area contributed by atoms with Gasteiger partial charge in [0.25, 0.3) is 0 Å². The zero-order valence-corrected chi connectivity index (χ0v) is 15.4. The van der Waals surface area contributed by atoms with Gasteiger partial charge in [0.05, 0.1) is 10.2 Å². The fraction of sp³-hybridized carbons (Fsp3) is 0.190. The second kappa shape index (κ2) is 6.27. The number of hydrogen-bond acceptors (Lipinski definition) is 4. The lowest BCUT2D eigenvalue weighted by Crippen LogP contribution is -2.36. The molecule has 0 saturated heterocycles. The van der Waals surface area contributed by atoms with Crippen molar-refractivity contribution in [3.63, 3.8) is 0 Å². The number of nitrogens with zero attached hydrogens (tertiary/aromatic N) is 2. The summed E-state index contributed by atoms with van der Waals surface area (Å²) in [6, 6.07) is 17.1. The molecule has 3 heterocycles. The lowest BCUT2D eigenvalue weighted by molar-refractivity contribution is 0.576. The van der Waals surface area contributed by atoms with E-state index in [1.165, 1.54) is 26.7 Å². The SMILES string of the molecule is CC1=CN(c2nc3ccccc3s2)NC1CCc1c[nH]c2ccccc12. The standard InChI is InChI=1S/C21H20N4S/c1-14-13-25(21-23-19-8-4-5-9-20(19)26-21)24-17(14)11-10-15-12-22-18-7-3-2-6-16(15)18/h2-9,12-13,17,22,24H,10-11H2,1H3. The van der Waals surface area contributed by atoms with Gasteiger partial charge in [-0.3, -0.25) is 5.01 Å². The van der Waals surface area contributed by atoms with Crippen LogP contribution in [-0.2, 0) is 6.42 Å². The molecule has 2 aromatic carbocycles. The summed E-state index contributed by atoms with van der Waals surface area (Å²) in [7, 11) is 0. The van der Waals surface area contributed by atoms with Crippen molar-refractivity contribution < 1.29 is 0 Å². The number of aromatic amines is 1. The smallest absolute Gasteiger partial charge is 0.205 e. The molecule has 4 nitrogen and oxygen atoms in total. The third kappa shape index (κ3) is 2.69. The average Bonchev–Trinajstić information content (AvgIpc) is 3.36. The summed E-state index contributed by atoms with van der Waals surface area (Å²) in [5, 5.41) is 4.41. The first-order valence-corrected chi connectivity index (χ1v) is 9.74. The Morgan fingerprint density at radius 3 is 2.88 bits per heavy atom. The summed E-state index contributed by atoms with van der Waals surface area (Å²) in [6.45, 7) is 2.19. The van der Waals surface area contributed by atoms with Gasteiger partial charge in [0, 0.05) is 29.3 Å². The summed E-state index contributed by atoms with van der Waals surface area (Å²) >= 11 is 1.72. The molecule has 0 fully saturated rings. The largest absolute Gasteiger partial charge is 0.361 e. The van der Waals surface area contributed by atoms with Gasteiger partial charge in [-0.2, -0.15) is 0 Å². The number of nitrogens with one attached hydrogen (secondary N) is 2. The lowest BCUT2D eigenvalue weighted by atomic mass is 10.0. The molecule has 130 valence electrons. The molecule has 4 aromatic rings. The third-order valence-electron chi connectivity index (χ3n) is 5.04. The van der Waals surface area contributed by atoms with E-state index in [1.807, 2.05) is 6.07 Å². The topological polar surface area (TPSA) is 44.0 Å². The number of H-pyrrole nitrogens is 1. The Bertz CT molecular complexity index is 1070. The first-order valence-electron chi connectivity index (χ1n) is 8.92. The number of para-hydroxylation sites is 2. The normalized spacial score (nSPS) is 17.3. The molecule has 5 rings (SSSR count). The minimum Gasteiger partial charge on any atom is -0.361 e. The van der Waals surface area contributed by atoms with Crippen LogP contribution in [0.25, 0.3) is 21.1 Å². The van der Waals surface area contributed by atoms with E-state index < -0.39 is 0 Å². The molecule has 0 bridgehead atoms. The quantitative estimate of drug-likeness (QED) is 0.538. The van der Waals surface area contributed by atoms with Crippen molar-refractivity contribution in [2.24, 2.45) is 0 Å². The summed E-state index contributed by atoms with van der Waals surface area (Å²) in [5.74, 6) is 0. The molecule has 1 unspecified atom stereocenters. The van der Waals surface area contributed by atoms with Gasteiger partial charge >= 0.3 is 0 Å². The number of aromatic nitrogens is 2. The van der Waals surface area contributed by atoms with Crippen molar-refractivity contribution in [3.8, 4) is 0 Å². The number of rotatable bonds is 4. The fourth-order valence-electron chi connectivity index (χ4n) is 3.60. The van der Waals surface area contributed by atoms with Gasteiger partial charge < -0.3 is 4.98 Å². The van der Waals surface area contributed by atoms with Gasteiger partial charge in [-0.25, -0.2) is 10.4 Å². The number of fused-ring (bicyclic) bond motifs is 2. The second-order valence-electron chi connectivity index (χ2n) is 6.79. The minimum absolute atomic E-state index is 0.343. The molecular weight excluding hydrogens is 340 g/mol. The van der Waals surface area contributed by atoms with Crippen molar-refractivity contribution in [2.75, 3.05) is 5.01 Å². The molecular formula is C21H20N4S. The molecule has 1 atom stereocenters. The number of benzene rings is 2. The maximum atomic E-state index is 4.75. The Labute approximate surface area is 156 Å². The molecule has 0 aliphatic carbocycles. The predicted octanol–water partition coefficient (Wildman–Crippen LogP) is 5.01. The zero-order chi connectivity index (χ0) is 17.5. The summed E-state index contributed by atoms with van der Waals surface area (Å²) < 4.78 is 1.22. The molecule has 0 radical (unpaired) electrons. The highest BCUT2D eigenvalue weighted by molar-refractivity contribution is 7.22. The van der Waals surface area contributed by atoms with Crippen LogP contribution < -0.4 is 10.4 Å². The third-order valence-corrected chi connectivity index (χ3v) is 6.08. The summed E-state index contributed by atoms with van der Waals surface area (Å²) in [4.78, 5) is 8.12. The molecule has 2 N–H and O–H groups in total. The van der Waals surface area contributed by atoms with Crippen LogP contribution in [0.3, 0.4) is 0 Å². The van der Waals surface area contributed by atoms with E-state index in [2.05, 4.69) is 77.2 Å².